The van der Waals surface area contributed by atoms with Gasteiger partial charge in [-0.3, -0.25) is 0 Å². The van der Waals surface area contributed by atoms with Gasteiger partial charge >= 0.3 is 0 Å². The maximum Gasteiger partial charge on any atom is 0.0662 e. The van der Waals surface area contributed by atoms with Crippen molar-refractivity contribution in [2.45, 2.75) is 6.54 Å². The van der Waals surface area contributed by atoms with Crippen LogP contribution in [0.3, 0.4) is 0 Å². The Morgan fingerprint density at radius 3 is 2.04 bits per heavy atom. The van der Waals surface area contributed by atoms with E-state index in [9.17, 15) is 0 Å². The number of anilines is 2. The summed E-state index contributed by atoms with van der Waals surface area (Å²) in [6, 6.07) is 25.3. The largest absolute Gasteiger partial charge is 0.397 e. The Morgan fingerprint density at radius 2 is 1.30 bits per heavy atom. The fourth-order valence-electron chi connectivity index (χ4n) is 4.11. The van der Waals surface area contributed by atoms with Gasteiger partial charge < -0.3 is 15.6 Å². The molecule has 3 N–H and O–H groups in total. The summed E-state index contributed by atoms with van der Waals surface area (Å²) in [7, 11) is 2.09. The zero-order valence-corrected chi connectivity index (χ0v) is 15.2. The van der Waals surface area contributed by atoms with Crippen LogP contribution in [-0.4, -0.2) is 4.57 Å². The Morgan fingerprint density at radius 1 is 0.741 bits per heavy atom. The highest BCUT2D eigenvalue weighted by molar-refractivity contribution is 6.19. The number of nitrogens with one attached hydrogen (secondary N) is 1. The first-order chi connectivity index (χ1) is 13.2. The first-order valence-corrected chi connectivity index (χ1v) is 9.20. The number of aryl methyl sites for hydroxylation is 1. The smallest absolute Gasteiger partial charge is 0.0662 e. The zero-order chi connectivity index (χ0) is 18.4. The minimum absolute atomic E-state index is 0.730. The lowest BCUT2D eigenvalue weighted by Gasteiger charge is -2.16. The number of para-hydroxylation sites is 1. The Kier molecular flexibility index (Phi) is 3.54. The van der Waals surface area contributed by atoms with Gasteiger partial charge in [0.1, 0.15) is 0 Å². The van der Waals surface area contributed by atoms with Crippen LogP contribution < -0.4 is 11.1 Å². The molecule has 0 spiro atoms. The fourth-order valence-corrected chi connectivity index (χ4v) is 4.11. The van der Waals surface area contributed by atoms with E-state index in [1.165, 1.54) is 27.2 Å². The van der Waals surface area contributed by atoms with E-state index < -0.39 is 0 Å². The van der Waals surface area contributed by atoms with Gasteiger partial charge in [-0.25, -0.2) is 0 Å². The molecule has 0 aliphatic carbocycles. The van der Waals surface area contributed by atoms with Crippen LogP contribution in [0.4, 0.5) is 11.4 Å². The molecule has 1 heterocycles. The molecule has 0 fully saturated rings. The van der Waals surface area contributed by atoms with E-state index >= 15 is 0 Å². The van der Waals surface area contributed by atoms with Crippen LogP contribution in [0.1, 0.15) is 5.56 Å². The van der Waals surface area contributed by atoms with Crippen molar-refractivity contribution in [3.63, 3.8) is 0 Å². The molecule has 0 radical (unpaired) electrons. The van der Waals surface area contributed by atoms with Crippen molar-refractivity contribution in [2.75, 3.05) is 11.1 Å². The minimum Gasteiger partial charge on any atom is -0.397 e. The Bertz CT molecular complexity index is 1300. The lowest BCUT2D eigenvalue weighted by Crippen LogP contribution is -2.04. The SMILES string of the molecule is Cn1cc(CNc2c(N)c3ccccc3c3ccccc23)c2ccccc21. The summed E-state index contributed by atoms with van der Waals surface area (Å²) in [6.07, 6.45) is 2.19. The third kappa shape index (κ3) is 2.43. The van der Waals surface area contributed by atoms with Gasteiger partial charge in [0.15, 0.2) is 0 Å². The van der Waals surface area contributed by atoms with Gasteiger partial charge in [-0.05, 0) is 22.4 Å². The minimum atomic E-state index is 0.730. The highest BCUT2D eigenvalue weighted by atomic mass is 14.9. The first-order valence-electron chi connectivity index (χ1n) is 9.20. The average Bonchev–Trinajstić information content (AvgIpc) is 3.04. The highest BCUT2D eigenvalue weighted by Gasteiger charge is 2.13. The molecular weight excluding hydrogens is 330 g/mol. The third-order valence-electron chi connectivity index (χ3n) is 5.41. The van der Waals surface area contributed by atoms with Crippen LogP contribution >= 0.6 is 0 Å². The summed E-state index contributed by atoms with van der Waals surface area (Å²) in [5, 5.41) is 9.58. The lowest BCUT2D eigenvalue weighted by atomic mass is 9.98. The molecule has 0 bridgehead atoms. The van der Waals surface area contributed by atoms with E-state index in [0.717, 1.165) is 28.7 Å². The predicted molar refractivity (Wildman–Crippen MR) is 116 cm³/mol. The van der Waals surface area contributed by atoms with Crippen molar-refractivity contribution in [1.29, 1.82) is 0 Å². The maximum atomic E-state index is 6.60. The van der Waals surface area contributed by atoms with Crippen LogP contribution in [0.2, 0.25) is 0 Å². The number of rotatable bonds is 3. The van der Waals surface area contributed by atoms with Gasteiger partial charge in [0, 0.05) is 41.5 Å². The van der Waals surface area contributed by atoms with E-state index in [1.54, 1.807) is 0 Å². The predicted octanol–water partition coefficient (Wildman–Crippen LogP) is 5.68. The molecule has 0 saturated carbocycles. The molecule has 5 rings (SSSR count). The average molecular weight is 351 g/mol. The van der Waals surface area contributed by atoms with E-state index in [-0.39, 0.29) is 0 Å². The molecule has 4 aromatic carbocycles. The number of aromatic nitrogens is 1. The molecule has 3 nitrogen and oxygen atoms in total. The first kappa shape index (κ1) is 15.8. The maximum absolute atomic E-state index is 6.60. The lowest BCUT2D eigenvalue weighted by molar-refractivity contribution is 0.956. The second kappa shape index (κ2) is 6.06. The molecule has 0 saturated heterocycles. The van der Waals surface area contributed by atoms with Crippen molar-refractivity contribution in [1.82, 2.24) is 4.57 Å². The number of hydrogen-bond acceptors (Lipinski definition) is 2. The molecule has 5 aromatic rings. The summed E-state index contributed by atoms with van der Waals surface area (Å²) in [5.74, 6) is 0. The van der Waals surface area contributed by atoms with Crippen molar-refractivity contribution in [3.8, 4) is 0 Å². The number of nitrogens with two attached hydrogens (primary N) is 1. The number of nitrogen functional groups attached to an aromatic ring is 1. The highest BCUT2D eigenvalue weighted by Crippen LogP contribution is 2.38. The van der Waals surface area contributed by atoms with Crippen LogP contribution in [0.15, 0.2) is 79.0 Å². The van der Waals surface area contributed by atoms with Crippen molar-refractivity contribution < 1.29 is 0 Å². The normalized spacial score (nSPS) is 11.4. The zero-order valence-electron chi connectivity index (χ0n) is 15.2. The molecule has 0 aliphatic heterocycles. The van der Waals surface area contributed by atoms with Crippen LogP contribution in [0.5, 0.6) is 0 Å². The molecule has 0 unspecified atom stereocenters. The summed E-state index contributed by atoms with van der Waals surface area (Å²) in [6.45, 7) is 0.730. The van der Waals surface area contributed by atoms with Crippen LogP contribution in [0.25, 0.3) is 32.4 Å². The van der Waals surface area contributed by atoms with Gasteiger partial charge in [-0.2, -0.15) is 0 Å². The summed E-state index contributed by atoms with van der Waals surface area (Å²) in [4.78, 5) is 0. The number of nitrogens with zero attached hydrogens (tertiary/aromatic N) is 1. The van der Waals surface area contributed by atoms with E-state index in [4.69, 9.17) is 5.73 Å². The number of benzene rings is 4. The van der Waals surface area contributed by atoms with Gasteiger partial charge in [-0.1, -0.05) is 66.7 Å². The Labute approximate surface area is 158 Å². The van der Waals surface area contributed by atoms with Crippen LogP contribution in [0, 0.1) is 0 Å². The van der Waals surface area contributed by atoms with E-state index in [1.807, 2.05) is 6.07 Å². The topological polar surface area (TPSA) is 43.0 Å². The summed E-state index contributed by atoms with van der Waals surface area (Å²) >= 11 is 0. The molecule has 132 valence electrons. The standard InChI is InChI=1S/C24H21N3/c1-27-15-16(17-8-6-7-13-22(17)27)14-26-24-21-12-5-3-10-19(21)18-9-2-4-11-20(18)23(24)25/h2-13,15,26H,14,25H2,1H3. The Balaban J connectivity index is 1.65. The molecule has 27 heavy (non-hydrogen) atoms. The third-order valence-corrected chi connectivity index (χ3v) is 5.41. The van der Waals surface area contributed by atoms with Crippen molar-refractivity contribution in [2.24, 2.45) is 7.05 Å². The molecule has 3 heteroatoms. The molecular formula is C24H21N3. The second-order valence-corrected chi connectivity index (χ2v) is 7.02. The molecule has 0 aliphatic rings. The van der Waals surface area contributed by atoms with E-state index in [2.05, 4.69) is 89.9 Å². The van der Waals surface area contributed by atoms with Gasteiger partial charge in [-0.15, -0.1) is 0 Å². The van der Waals surface area contributed by atoms with Crippen LogP contribution in [-0.2, 0) is 13.6 Å². The number of hydrogen-bond donors (Lipinski definition) is 2. The molecule has 0 atom stereocenters. The second-order valence-electron chi connectivity index (χ2n) is 7.02. The quantitative estimate of drug-likeness (QED) is 0.249. The van der Waals surface area contributed by atoms with Gasteiger partial charge in [0.2, 0.25) is 0 Å². The summed E-state index contributed by atoms with van der Waals surface area (Å²) in [5.41, 5.74) is 10.9. The monoisotopic (exact) mass is 351 g/mol. The van der Waals surface area contributed by atoms with Gasteiger partial charge in [0.05, 0.1) is 11.4 Å². The molecule has 1 aromatic heterocycles. The molecule has 0 amide bonds. The number of fused-ring (bicyclic) bond motifs is 4. The van der Waals surface area contributed by atoms with Gasteiger partial charge in [0.25, 0.3) is 0 Å². The van der Waals surface area contributed by atoms with Crippen molar-refractivity contribution >= 4 is 43.8 Å². The fraction of sp³-hybridized carbons (Fsp3) is 0.0833. The van der Waals surface area contributed by atoms with E-state index in [0.29, 0.717) is 0 Å². The summed E-state index contributed by atoms with van der Waals surface area (Å²) < 4.78 is 2.17. The van der Waals surface area contributed by atoms with Crippen molar-refractivity contribution in [3.05, 3.63) is 84.6 Å². The Hall–Kier alpha value is -3.46.